The van der Waals surface area contributed by atoms with Gasteiger partial charge in [0, 0.05) is 22.9 Å². The molecule has 4 aromatic carbocycles. The molecule has 0 radical (unpaired) electrons. The maximum absolute atomic E-state index is 7.07. The Hall–Kier alpha value is -3.26. The van der Waals surface area contributed by atoms with E-state index in [2.05, 4.69) is 129 Å². The summed E-state index contributed by atoms with van der Waals surface area (Å²) < 4.78 is 16.6. The Morgan fingerprint density at radius 2 is 1.00 bits per heavy atom. The van der Waals surface area contributed by atoms with Crippen LogP contribution >= 0.6 is 8.16 Å². The van der Waals surface area contributed by atoms with Gasteiger partial charge < -0.3 is 8.39 Å². The van der Waals surface area contributed by atoms with E-state index < -0.39 is 8.16 Å². The second-order valence-corrected chi connectivity index (χ2v) is 11.4. The van der Waals surface area contributed by atoms with Crippen molar-refractivity contribution < 1.29 is 8.39 Å². The number of hydrogen-bond donors (Lipinski definition) is 0. The summed E-state index contributed by atoms with van der Waals surface area (Å²) in [5.41, 5.74) is 6.93. The van der Waals surface area contributed by atoms with Gasteiger partial charge in [-0.2, -0.15) is 4.67 Å². The molecule has 0 N–H and O–H groups in total. The van der Waals surface area contributed by atoms with Crippen molar-refractivity contribution >= 4 is 30.1 Å². The fraction of sp³-hybridized carbons (Fsp3) is 0.294. The monoisotopic (exact) mass is 523 g/mol. The molecule has 1 aromatic heterocycles. The van der Waals surface area contributed by atoms with Gasteiger partial charge in [-0.05, 0) is 48.9 Å². The van der Waals surface area contributed by atoms with Gasteiger partial charge in [-0.15, -0.1) is 0 Å². The first-order chi connectivity index (χ1) is 18.6. The quantitative estimate of drug-likeness (QED) is 0.192. The molecule has 0 fully saturated rings. The van der Waals surface area contributed by atoms with Gasteiger partial charge in [0.25, 0.3) is 0 Å². The van der Waals surface area contributed by atoms with Crippen LogP contribution in [0.5, 0.6) is 0 Å². The van der Waals surface area contributed by atoms with E-state index in [0.29, 0.717) is 0 Å². The highest BCUT2D eigenvalue weighted by Gasteiger charge is 2.29. The van der Waals surface area contributed by atoms with Crippen molar-refractivity contribution in [2.24, 2.45) is 0 Å². The number of benzene rings is 4. The van der Waals surface area contributed by atoms with E-state index in [9.17, 15) is 0 Å². The third kappa shape index (κ3) is 5.32. The van der Waals surface area contributed by atoms with Gasteiger partial charge in [-0.25, -0.2) is 0 Å². The van der Waals surface area contributed by atoms with E-state index in [0.717, 1.165) is 47.6 Å². The molecule has 3 nitrogen and oxygen atoms in total. The lowest BCUT2D eigenvalue weighted by Gasteiger charge is -2.31. The van der Waals surface area contributed by atoms with Gasteiger partial charge in [0.05, 0.1) is 0 Å². The average Bonchev–Trinajstić information content (AvgIpc) is 3.12. The number of rotatable bonds is 9. The Labute approximate surface area is 227 Å². The SMILES string of the molecule is CCCc1cccc2c1op(N([C@H](C)c1ccccc1)[C@@H](C)c1ccccc1)oc1c(CCC)cccc12. The molecule has 0 aliphatic rings. The van der Waals surface area contributed by atoms with Crippen molar-refractivity contribution in [1.29, 1.82) is 0 Å². The Balaban J connectivity index is 1.85. The van der Waals surface area contributed by atoms with E-state index in [1.165, 1.54) is 22.3 Å². The smallest absolute Gasteiger partial charge is 0.310 e. The lowest BCUT2D eigenvalue weighted by Crippen LogP contribution is -2.27. The molecule has 0 unspecified atom stereocenters. The van der Waals surface area contributed by atoms with Crippen molar-refractivity contribution in [3.63, 3.8) is 0 Å². The summed E-state index contributed by atoms with van der Waals surface area (Å²) in [5, 5.41) is 2.27. The van der Waals surface area contributed by atoms with E-state index in [-0.39, 0.29) is 12.1 Å². The van der Waals surface area contributed by atoms with Crippen molar-refractivity contribution in [1.82, 2.24) is 0 Å². The maximum atomic E-state index is 7.07. The van der Waals surface area contributed by atoms with E-state index in [4.69, 9.17) is 8.39 Å². The molecule has 38 heavy (non-hydrogen) atoms. The van der Waals surface area contributed by atoms with Crippen molar-refractivity contribution in [3.05, 3.63) is 119 Å². The van der Waals surface area contributed by atoms with E-state index in [1.807, 2.05) is 0 Å². The Bertz CT molecular complexity index is 1410. The second kappa shape index (κ2) is 12.1. The van der Waals surface area contributed by atoms with Gasteiger partial charge >= 0.3 is 8.16 Å². The Morgan fingerprint density at radius 3 is 1.39 bits per heavy atom. The predicted molar refractivity (Wildman–Crippen MR) is 162 cm³/mol. The van der Waals surface area contributed by atoms with Crippen LogP contribution in [0.3, 0.4) is 0 Å². The highest BCUT2D eigenvalue weighted by atomic mass is 31.1. The van der Waals surface area contributed by atoms with Crippen LogP contribution in [0.15, 0.2) is 105 Å². The van der Waals surface area contributed by atoms with Crippen LogP contribution in [-0.2, 0) is 12.8 Å². The summed E-state index contributed by atoms with van der Waals surface area (Å²) >= 11 is 0. The molecule has 0 saturated carbocycles. The summed E-state index contributed by atoms with van der Waals surface area (Å²) in [4.78, 5) is 0. The van der Waals surface area contributed by atoms with Crippen LogP contribution in [0.1, 0.15) is 74.9 Å². The molecule has 1 heterocycles. The van der Waals surface area contributed by atoms with E-state index >= 15 is 0 Å². The van der Waals surface area contributed by atoms with Gasteiger partial charge in [0.2, 0.25) is 0 Å². The lowest BCUT2D eigenvalue weighted by atomic mass is 10.0. The van der Waals surface area contributed by atoms with Gasteiger partial charge in [0.15, 0.2) is 0 Å². The first-order valence-corrected chi connectivity index (χ1v) is 15.0. The highest BCUT2D eigenvalue weighted by molar-refractivity contribution is 7.39. The van der Waals surface area contributed by atoms with Gasteiger partial charge in [-0.1, -0.05) is 124 Å². The van der Waals surface area contributed by atoms with Crippen molar-refractivity contribution in [3.8, 4) is 0 Å². The minimum absolute atomic E-state index is 0.0826. The van der Waals surface area contributed by atoms with Crippen LogP contribution in [-0.4, -0.2) is 0 Å². The van der Waals surface area contributed by atoms with Crippen LogP contribution in [0.4, 0.5) is 0 Å². The molecule has 2 atom stereocenters. The van der Waals surface area contributed by atoms with E-state index in [1.54, 1.807) is 0 Å². The van der Waals surface area contributed by atoms with Crippen LogP contribution in [0.2, 0.25) is 0 Å². The Morgan fingerprint density at radius 1 is 0.579 bits per heavy atom. The second-order valence-electron chi connectivity index (χ2n) is 10.1. The number of fused-ring (bicyclic) bond motifs is 3. The molecule has 0 amide bonds. The molecule has 5 rings (SSSR count). The Kier molecular flexibility index (Phi) is 8.37. The van der Waals surface area contributed by atoms with Gasteiger partial charge in [0.1, 0.15) is 11.2 Å². The first-order valence-electron chi connectivity index (χ1n) is 13.9. The lowest BCUT2D eigenvalue weighted by molar-refractivity contribution is 0.556. The molecule has 0 aliphatic carbocycles. The summed E-state index contributed by atoms with van der Waals surface area (Å²) in [6, 6.07) is 34.7. The molecular weight excluding hydrogens is 485 g/mol. The molecule has 0 bridgehead atoms. The number of para-hydroxylation sites is 2. The third-order valence-corrected chi connectivity index (χ3v) is 9.15. The minimum atomic E-state index is -1.48. The van der Waals surface area contributed by atoms with Crippen molar-refractivity contribution in [2.45, 2.75) is 65.5 Å². The summed E-state index contributed by atoms with van der Waals surface area (Å²) in [6.07, 6.45) is 4.06. The highest BCUT2D eigenvalue weighted by Crippen LogP contribution is 2.47. The number of aryl methyl sites for hydroxylation is 2. The number of nitrogens with zero attached hydrogens (tertiary/aromatic N) is 1. The molecule has 196 valence electrons. The normalized spacial score (nSPS) is 13.2. The number of hydrogen-bond acceptors (Lipinski definition) is 3. The van der Waals surface area contributed by atoms with Crippen LogP contribution < -0.4 is 4.67 Å². The molecular formula is C34H38NO2P. The topological polar surface area (TPSA) is 29.5 Å². The molecule has 0 saturated heterocycles. The largest absolute Gasteiger partial charge is 0.407 e. The summed E-state index contributed by atoms with van der Waals surface area (Å²) in [5.74, 6) is 0. The zero-order chi connectivity index (χ0) is 26.5. The van der Waals surface area contributed by atoms with Gasteiger partial charge in [-0.3, -0.25) is 0 Å². The molecule has 5 aromatic rings. The molecule has 0 aliphatic heterocycles. The maximum Gasteiger partial charge on any atom is 0.310 e. The van der Waals surface area contributed by atoms with Crippen LogP contribution in [0, 0.1) is 0 Å². The fourth-order valence-electron chi connectivity index (χ4n) is 5.40. The fourth-order valence-corrected chi connectivity index (χ4v) is 7.20. The molecule has 0 spiro atoms. The molecule has 4 heteroatoms. The van der Waals surface area contributed by atoms with Crippen LogP contribution in [0.25, 0.3) is 21.9 Å². The zero-order valence-electron chi connectivity index (χ0n) is 22.9. The standard InChI is InChI=1S/C34H38NO2P/c1-5-15-29-21-13-23-31-32-24-14-22-30(16-6-2)34(32)37-38(36-33(29)31)35(25(3)27-17-9-7-10-18-27)26(4)28-19-11-8-12-20-28/h7-14,17-26H,5-6,15-16H2,1-4H3/t25-,26+. The summed E-state index contributed by atoms with van der Waals surface area (Å²) in [7, 11) is -1.48. The predicted octanol–water partition coefficient (Wildman–Crippen LogP) is 10.7. The average molecular weight is 524 g/mol. The zero-order valence-corrected chi connectivity index (χ0v) is 23.8. The summed E-state index contributed by atoms with van der Waals surface area (Å²) in [6.45, 7) is 8.99. The third-order valence-electron chi connectivity index (χ3n) is 7.41. The minimum Gasteiger partial charge on any atom is -0.407 e. The van der Waals surface area contributed by atoms with Crippen molar-refractivity contribution in [2.75, 3.05) is 4.67 Å². The first kappa shape index (κ1) is 26.4.